The van der Waals surface area contributed by atoms with Gasteiger partial charge in [0.05, 0.1) is 22.1 Å². The van der Waals surface area contributed by atoms with Crippen molar-refractivity contribution in [3.8, 4) is 5.75 Å². The number of rotatable bonds is 7. The van der Waals surface area contributed by atoms with Gasteiger partial charge in [-0.2, -0.15) is 0 Å². The molecule has 0 radical (unpaired) electrons. The summed E-state index contributed by atoms with van der Waals surface area (Å²) >= 11 is 0. The smallest absolute Gasteiger partial charge is 0.295 e. The van der Waals surface area contributed by atoms with E-state index in [2.05, 4.69) is 0 Å². The number of nitro benzene ring substituents is 1. The summed E-state index contributed by atoms with van der Waals surface area (Å²) in [6.45, 7) is 4.46. The summed E-state index contributed by atoms with van der Waals surface area (Å²) in [4.78, 5) is 40.1. The largest absolute Gasteiger partial charge is 0.507 e. The molecule has 2 aromatic rings. The fourth-order valence-corrected chi connectivity index (χ4v) is 3.96. The Balaban J connectivity index is 2.20. The first-order valence-electron chi connectivity index (χ1n) is 10.5. The Bertz CT molecular complexity index is 1150. The number of phenolic OH excluding ortho intramolecular Hbond substituents is 1. The second-order valence-corrected chi connectivity index (χ2v) is 8.46. The van der Waals surface area contributed by atoms with Gasteiger partial charge in [-0.3, -0.25) is 19.7 Å². The topological polar surface area (TPSA) is 124 Å². The number of hydrogen-bond acceptors (Lipinski definition) is 7. The molecule has 9 nitrogen and oxygen atoms in total. The van der Waals surface area contributed by atoms with Gasteiger partial charge in [0.15, 0.2) is 0 Å². The number of aliphatic hydroxyl groups excluding tert-OH is 1. The number of nitro groups is 1. The van der Waals surface area contributed by atoms with Crippen LogP contribution in [0, 0.1) is 24.0 Å². The average molecular weight is 453 g/mol. The molecule has 1 amide bonds. The first-order chi connectivity index (χ1) is 15.5. The van der Waals surface area contributed by atoms with E-state index in [4.69, 9.17) is 0 Å². The molecule has 9 heteroatoms. The van der Waals surface area contributed by atoms with Crippen LogP contribution >= 0.6 is 0 Å². The van der Waals surface area contributed by atoms with Crippen molar-refractivity contribution >= 4 is 23.1 Å². The van der Waals surface area contributed by atoms with Crippen LogP contribution in [0.1, 0.15) is 34.7 Å². The predicted molar refractivity (Wildman–Crippen MR) is 123 cm³/mol. The Labute approximate surface area is 191 Å². The summed E-state index contributed by atoms with van der Waals surface area (Å²) in [5.74, 6) is -2.44. The van der Waals surface area contributed by atoms with Gasteiger partial charge >= 0.3 is 0 Å². The van der Waals surface area contributed by atoms with E-state index >= 15 is 0 Å². The number of likely N-dealkylation sites (tertiary alicyclic amines) is 1. The van der Waals surface area contributed by atoms with E-state index in [0.29, 0.717) is 18.5 Å². The third-order valence-electron chi connectivity index (χ3n) is 5.81. The Hall–Kier alpha value is -3.72. The van der Waals surface area contributed by atoms with Crippen molar-refractivity contribution in [1.29, 1.82) is 0 Å². The van der Waals surface area contributed by atoms with Crippen molar-refractivity contribution in [3.05, 3.63) is 74.3 Å². The Morgan fingerprint density at radius 3 is 2.45 bits per heavy atom. The number of nitrogens with zero attached hydrogens (tertiary/aromatic N) is 3. The number of phenols is 1. The highest BCUT2D eigenvalue weighted by atomic mass is 16.6. The minimum atomic E-state index is -1.02. The second kappa shape index (κ2) is 9.41. The molecular formula is C24H27N3O6. The van der Waals surface area contributed by atoms with Crippen molar-refractivity contribution in [2.45, 2.75) is 26.3 Å². The van der Waals surface area contributed by atoms with Gasteiger partial charge in [0.1, 0.15) is 11.5 Å². The molecule has 0 aliphatic carbocycles. The maximum absolute atomic E-state index is 13.1. The van der Waals surface area contributed by atoms with Gasteiger partial charge in [0, 0.05) is 18.7 Å². The number of aryl methyl sites for hydroxylation is 2. The molecule has 1 saturated heterocycles. The highest BCUT2D eigenvalue weighted by molar-refractivity contribution is 6.46. The molecule has 2 aromatic carbocycles. The van der Waals surface area contributed by atoms with Gasteiger partial charge in [0.2, 0.25) is 0 Å². The first kappa shape index (κ1) is 23.9. The number of benzene rings is 2. The Morgan fingerprint density at radius 2 is 1.82 bits per heavy atom. The van der Waals surface area contributed by atoms with Crippen molar-refractivity contribution in [2.75, 3.05) is 27.2 Å². The monoisotopic (exact) mass is 453 g/mol. The fourth-order valence-electron chi connectivity index (χ4n) is 3.96. The van der Waals surface area contributed by atoms with Gasteiger partial charge in [-0.15, -0.1) is 0 Å². The van der Waals surface area contributed by atoms with Crippen molar-refractivity contribution in [1.82, 2.24) is 9.80 Å². The predicted octanol–water partition coefficient (Wildman–Crippen LogP) is 3.29. The number of amides is 1. The van der Waals surface area contributed by atoms with Crippen molar-refractivity contribution in [3.63, 3.8) is 0 Å². The summed E-state index contributed by atoms with van der Waals surface area (Å²) in [7, 11) is 3.77. The fraction of sp³-hybridized carbons (Fsp3) is 0.333. The Kier molecular flexibility index (Phi) is 6.83. The quantitative estimate of drug-likeness (QED) is 0.217. The summed E-state index contributed by atoms with van der Waals surface area (Å²) in [6.07, 6.45) is 0.556. The van der Waals surface area contributed by atoms with Gasteiger partial charge in [-0.25, -0.2) is 0 Å². The van der Waals surface area contributed by atoms with E-state index < -0.39 is 28.4 Å². The zero-order chi connectivity index (χ0) is 24.4. The third-order valence-corrected chi connectivity index (χ3v) is 5.81. The van der Waals surface area contributed by atoms with Crippen molar-refractivity contribution < 1.29 is 24.7 Å². The number of aliphatic hydroxyl groups is 1. The van der Waals surface area contributed by atoms with Crippen LogP contribution in [0.25, 0.3) is 5.76 Å². The molecule has 1 aliphatic heterocycles. The van der Waals surface area contributed by atoms with Crippen LogP contribution in [-0.2, 0) is 9.59 Å². The molecule has 33 heavy (non-hydrogen) atoms. The molecular weight excluding hydrogens is 426 g/mol. The molecule has 0 saturated carbocycles. The van der Waals surface area contributed by atoms with Crippen LogP contribution in [-0.4, -0.2) is 63.8 Å². The average Bonchev–Trinajstić information content (AvgIpc) is 3.00. The van der Waals surface area contributed by atoms with Crippen LogP contribution in [0.4, 0.5) is 5.69 Å². The van der Waals surface area contributed by atoms with Crippen LogP contribution < -0.4 is 0 Å². The maximum atomic E-state index is 13.1. The minimum Gasteiger partial charge on any atom is -0.507 e. The van der Waals surface area contributed by atoms with Gasteiger partial charge < -0.3 is 20.0 Å². The minimum absolute atomic E-state index is 0.0276. The van der Waals surface area contributed by atoms with Crippen LogP contribution in [0.3, 0.4) is 0 Å². The molecule has 0 bridgehead atoms. The Morgan fingerprint density at radius 1 is 1.15 bits per heavy atom. The number of Topliss-reactive ketones (excluding diaryl/α,β-unsaturated/α-hetero) is 1. The number of carbonyl (C=O) groups excluding carboxylic acids is 2. The third kappa shape index (κ3) is 4.73. The summed E-state index contributed by atoms with van der Waals surface area (Å²) in [5.41, 5.74) is 1.53. The number of ketones is 1. The normalized spacial score (nSPS) is 17.7. The molecule has 1 fully saturated rings. The number of carbonyl (C=O) groups is 2. The lowest BCUT2D eigenvalue weighted by atomic mass is 9.93. The van der Waals surface area contributed by atoms with Crippen LogP contribution in [0.15, 0.2) is 42.0 Å². The molecule has 0 aromatic heterocycles. The lowest BCUT2D eigenvalue weighted by molar-refractivity contribution is -0.384. The zero-order valence-electron chi connectivity index (χ0n) is 19.0. The molecule has 0 spiro atoms. The maximum Gasteiger partial charge on any atom is 0.295 e. The lowest BCUT2D eigenvalue weighted by Gasteiger charge is -2.26. The first-order valence-corrected chi connectivity index (χ1v) is 10.5. The van der Waals surface area contributed by atoms with Gasteiger partial charge in [-0.05, 0) is 69.7 Å². The van der Waals surface area contributed by atoms with E-state index in [9.17, 15) is 29.9 Å². The summed E-state index contributed by atoms with van der Waals surface area (Å²) in [5, 5.41) is 32.9. The molecule has 0 unspecified atom stereocenters. The van der Waals surface area contributed by atoms with Crippen LogP contribution in [0.2, 0.25) is 0 Å². The highest BCUT2D eigenvalue weighted by Crippen LogP contribution is 2.41. The second-order valence-electron chi connectivity index (χ2n) is 8.46. The number of non-ortho nitro benzene ring substituents is 1. The number of hydrogen-bond donors (Lipinski definition) is 2. The van der Waals surface area contributed by atoms with E-state index in [0.717, 1.165) is 11.1 Å². The van der Waals surface area contributed by atoms with E-state index in [1.807, 2.05) is 19.0 Å². The van der Waals surface area contributed by atoms with Gasteiger partial charge in [-0.1, -0.05) is 12.1 Å². The summed E-state index contributed by atoms with van der Waals surface area (Å²) < 4.78 is 0. The van der Waals surface area contributed by atoms with Crippen LogP contribution in [0.5, 0.6) is 5.75 Å². The molecule has 174 valence electrons. The van der Waals surface area contributed by atoms with Gasteiger partial charge in [0.25, 0.3) is 17.4 Å². The molecule has 1 aliphatic rings. The molecule has 1 atom stereocenters. The zero-order valence-corrected chi connectivity index (χ0v) is 19.0. The van der Waals surface area contributed by atoms with E-state index in [1.54, 1.807) is 26.0 Å². The number of aromatic hydroxyl groups is 1. The van der Waals surface area contributed by atoms with E-state index in [-0.39, 0.29) is 29.1 Å². The molecule has 1 heterocycles. The lowest BCUT2D eigenvalue weighted by Crippen LogP contribution is -2.32. The highest BCUT2D eigenvalue weighted by Gasteiger charge is 2.46. The van der Waals surface area contributed by atoms with Crippen molar-refractivity contribution in [2.24, 2.45) is 0 Å². The molecule has 2 N–H and O–H groups in total. The molecule has 3 rings (SSSR count). The summed E-state index contributed by atoms with van der Waals surface area (Å²) in [6, 6.07) is 7.66. The SMILES string of the molecule is Cc1cc(O)c(C(O)=C2C(=O)C(=O)N(CCCN(C)C)[C@@H]2c2cccc([N+](=O)[O-])c2)cc1C. The van der Waals surface area contributed by atoms with E-state index in [1.165, 1.54) is 29.2 Å². The standard InChI is InChI=1S/C24H27N3O6/c1-14-11-18(19(28)12-15(14)2)22(29)20-21(16-7-5-8-17(13-16)27(32)33)26(24(31)23(20)30)10-6-9-25(3)4/h5,7-8,11-13,21,28-29H,6,9-10H2,1-4H3/t21-/m1/s1.